The van der Waals surface area contributed by atoms with E-state index < -0.39 is 34.1 Å². The number of esters is 2. The third kappa shape index (κ3) is 2.23. The lowest BCUT2D eigenvalue weighted by molar-refractivity contribution is -0.322. The van der Waals surface area contributed by atoms with E-state index in [4.69, 9.17) is 23.4 Å². The van der Waals surface area contributed by atoms with Gasteiger partial charge in [-0.05, 0) is 45.8 Å². The molecule has 8 nitrogen and oxygen atoms in total. The summed E-state index contributed by atoms with van der Waals surface area (Å²) < 4.78 is 29.8. The molecule has 8 heteroatoms. The topological polar surface area (TPSA) is 104 Å². The highest BCUT2D eigenvalue weighted by atomic mass is 16.8. The van der Waals surface area contributed by atoms with Crippen LogP contribution in [0.3, 0.4) is 0 Å². The second kappa shape index (κ2) is 5.56. The molecular formula is C25H28O8. The molecule has 0 bridgehead atoms. The van der Waals surface area contributed by atoms with Crippen molar-refractivity contribution < 1.29 is 38.1 Å². The van der Waals surface area contributed by atoms with E-state index in [0.29, 0.717) is 32.1 Å². The van der Waals surface area contributed by atoms with Crippen LogP contribution < -0.4 is 0 Å². The highest BCUT2D eigenvalue weighted by molar-refractivity contribution is 5.87. The molecule has 4 aliphatic heterocycles. The molecule has 176 valence electrons. The van der Waals surface area contributed by atoms with Gasteiger partial charge in [0.2, 0.25) is 0 Å². The van der Waals surface area contributed by atoms with E-state index in [1.165, 1.54) is 6.08 Å². The van der Waals surface area contributed by atoms with Gasteiger partial charge in [-0.15, -0.1) is 0 Å². The van der Waals surface area contributed by atoms with E-state index in [-0.39, 0.29) is 29.4 Å². The van der Waals surface area contributed by atoms with E-state index in [1.807, 2.05) is 26.8 Å². The van der Waals surface area contributed by atoms with Gasteiger partial charge in [0.05, 0.1) is 23.5 Å². The van der Waals surface area contributed by atoms with Crippen LogP contribution in [0.4, 0.5) is 0 Å². The molecule has 1 aromatic heterocycles. The monoisotopic (exact) mass is 456 g/mol. The van der Waals surface area contributed by atoms with Crippen molar-refractivity contribution in [3.8, 4) is 0 Å². The molecule has 0 amide bonds. The van der Waals surface area contributed by atoms with Crippen LogP contribution in [0.5, 0.6) is 0 Å². The summed E-state index contributed by atoms with van der Waals surface area (Å²) >= 11 is 0. The molecule has 8 atom stereocenters. The van der Waals surface area contributed by atoms with Crippen LogP contribution in [0.1, 0.15) is 64.5 Å². The van der Waals surface area contributed by atoms with Crippen molar-refractivity contribution in [1.29, 1.82) is 0 Å². The predicted octanol–water partition coefficient (Wildman–Crippen LogP) is 3.16. The van der Waals surface area contributed by atoms with E-state index >= 15 is 0 Å². The summed E-state index contributed by atoms with van der Waals surface area (Å²) in [5.74, 6) is -3.74. The smallest absolute Gasteiger partial charge is 0.331 e. The number of fused-ring (bicyclic) bond motifs is 1. The number of aliphatic hydroxyl groups is 1. The van der Waals surface area contributed by atoms with Crippen LogP contribution in [0.15, 0.2) is 35.2 Å². The molecule has 5 fully saturated rings. The number of furan rings is 1. The van der Waals surface area contributed by atoms with Gasteiger partial charge in [-0.1, -0.05) is 0 Å². The van der Waals surface area contributed by atoms with Crippen molar-refractivity contribution in [3.05, 3.63) is 36.3 Å². The van der Waals surface area contributed by atoms with Gasteiger partial charge in [0.15, 0.2) is 11.6 Å². The molecule has 0 aromatic carbocycles. The normalized spacial score (nSPS) is 53.0. The molecule has 0 unspecified atom stereocenters. The van der Waals surface area contributed by atoms with Gasteiger partial charge < -0.3 is 28.5 Å². The highest BCUT2D eigenvalue weighted by Gasteiger charge is 2.89. The Labute approximate surface area is 191 Å². The van der Waals surface area contributed by atoms with Gasteiger partial charge >= 0.3 is 11.9 Å². The molecule has 33 heavy (non-hydrogen) atoms. The quantitative estimate of drug-likeness (QED) is 0.677. The molecule has 1 N–H and O–H groups in total. The van der Waals surface area contributed by atoms with E-state index in [1.54, 1.807) is 18.6 Å². The fourth-order valence-corrected chi connectivity index (χ4v) is 8.27. The number of rotatable bonds is 2. The Morgan fingerprint density at radius 3 is 2.55 bits per heavy atom. The minimum atomic E-state index is -1.46. The van der Waals surface area contributed by atoms with Crippen molar-refractivity contribution in [2.24, 2.45) is 22.7 Å². The van der Waals surface area contributed by atoms with Gasteiger partial charge in [0, 0.05) is 48.2 Å². The lowest BCUT2D eigenvalue weighted by atomic mass is 9.66. The Kier molecular flexibility index (Phi) is 3.41. The lowest BCUT2D eigenvalue weighted by Crippen LogP contribution is -2.47. The summed E-state index contributed by atoms with van der Waals surface area (Å²) in [4.78, 5) is 25.2. The molecule has 5 heterocycles. The third-order valence-corrected chi connectivity index (χ3v) is 9.61. The third-order valence-electron chi connectivity index (χ3n) is 9.61. The number of ether oxygens (including phenoxy) is 4. The van der Waals surface area contributed by atoms with Crippen molar-refractivity contribution >= 4 is 11.9 Å². The van der Waals surface area contributed by atoms with Crippen LogP contribution in [0.2, 0.25) is 0 Å². The maximum Gasteiger partial charge on any atom is 0.331 e. The number of cyclic esters (lactones) is 2. The van der Waals surface area contributed by atoms with Crippen molar-refractivity contribution in [3.63, 3.8) is 0 Å². The molecule has 0 radical (unpaired) electrons. The number of hydrogen-bond donors (Lipinski definition) is 1. The SMILES string of the molecule is CC1(C)O[C@]2(C[C@@H]3[C@@](O)(CC[C@]45C[C@]34C(=O)O[C@@H]5c3ccoc3)O2)C[C@@H]1[C@]1(C)C=CC(=O)O1. The van der Waals surface area contributed by atoms with Gasteiger partial charge in [-0.2, -0.15) is 0 Å². The fourth-order valence-electron chi connectivity index (χ4n) is 8.27. The first kappa shape index (κ1) is 20.2. The first-order valence-corrected chi connectivity index (χ1v) is 11.8. The molecule has 7 rings (SSSR count). The fraction of sp³-hybridized carbons (Fsp3) is 0.680. The van der Waals surface area contributed by atoms with Crippen molar-refractivity contribution in [2.75, 3.05) is 0 Å². The van der Waals surface area contributed by atoms with Crippen molar-refractivity contribution in [2.45, 2.75) is 81.8 Å². The predicted molar refractivity (Wildman–Crippen MR) is 110 cm³/mol. The zero-order chi connectivity index (χ0) is 23.1. The summed E-state index contributed by atoms with van der Waals surface area (Å²) in [6.07, 6.45) is 8.67. The molecule has 2 saturated carbocycles. The Morgan fingerprint density at radius 2 is 1.85 bits per heavy atom. The first-order valence-electron chi connectivity index (χ1n) is 11.8. The first-order chi connectivity index (χ1) is 15.5. The number of hydrogen-bond acceptors (Lipinski definition) is 8. The summed E-state index contributed by atoms with van der Waals surface area (Å²) in [5, 5.41) is 11.7. The maximum atomic E-state index is 13.3. The van der Waals surface area contributed by atoms with Crippen LogP contribution in [-0.4, -0.2) is 39.8 Å². The minimum Gasteiger partial charge on any atom is -0.472 e. The molecule has 1 aromatic rings. The Balaban J connectivity index is 1.23. The summed E-state index contributed by atoms with van der Waals surface area (Å²) in [7, 11) is 0. The number of carbonyl (C=O) groups excluding carboxylic acids is 2. The Morgan fingerprint density at radius 1 is 1.06 bits per heavy atom. The second-order valence-electron chi connectivity index (χ2n) is 11.7. The van der Waals surface area contributed by atoms with Crippen LogP contribution in [0, 0.1) is 22.7 Å². The average molecular weight is 456 g/mol. The Bertz CT molecular complexity index is 1110. The molecule has 1 spiro atoms. The molecular weight excluding hydrogens is 428 g/mol. The molecule has 3 saturated heterocycles. The maximum absolute atomic E-state index is 13.3. The van der Waals surface area contributed by atoms with Crippen LogP contribution >= 0.6 is 0 Å². The molecule has 6 aliphatic rings. The average Bonchev–Trinajstić information content (AvgIpc) is 3.22. The summed E-state index contributed by atoms with van der Waals surface area (Å²) in [6, 6.07) is 1.85. The molecule has 2 aliphatic carbocycles. The van der Waals surface area contributed by atoms with Gasteiger partial charge in [-0.25, -0.2) is 4.79 Å². The zero-order valence-electron chi connectivity index (χ0n) is 19.0. The largest absolute Gasteiger partial charge is 0.472 e. The van der Waals surface area contributed by atoms with Crippen molar-refractivity contribution in [1.82, 2.24) is 0 Å². The van der Waals surface area contributed by atoms with E-state index in [2.05, 4.69) is 0 Å². The van der Waals surface area contributed by atoms with Gasteiger partial charge in [0.25, 0.3) is 0 Å². The summed E-state index contributed by atoms with van der Waals surface area (Å²) in [5.41, 5.74) is -1.74. The minimum absolute atomic E-state index is 0.174. The van der Waals surface area contributed by atoms with E-state index in [9.17, 15) is 14.7 Å². The van der Waals surface area contributed by atoms with Crippen LogP contribution in [-0.2, 0) is 28.5 Å². The Hall–Kier alpha value is -2.16. The standard InChI is InChI=1S/C25H28O8/c1-20(2)15(21(3)6-4-17(26)31-21)10-23(32-20)11-16-24-13-22(24,7-8-25(16,28)33-23)18(30-19(24)27)14-5-9-29-12-14/h4-6,9,12,15-16,18,28H,7-8,10-11,13H2,1-3H3/t15-,16-,18+,21-,22+,23+,24+,25+/m0/s1. The van der Waals surface area contributed by atoms with Crippen LogP contribution in [0.25, 0.3) is 0 Å². The number of carbonyl (C=O) groups is 2. The van der Waals surface area contributed by atoms with Gasteiger partial charge in [-0.3, -0.25) is 4.79 Å². The highest BCUT2D eigenvalue weighted by Crippen LogP contribution is 2.85. The summed E-state index contributed by atoms with van der Waals surface area (Å²) in [6.45, 7) is 5.81. The zero-order valence-corrected chi connectivity index (χ0v) is 19.0. The van der Waals surface area contributed by atoms with E-state index in [0.717, 1.165) is 5.56 Å². The second-order valence-corrected chi connectivity index (χ2v) is 11.7. The van der Waals surface area contributed by atoms with Gasteiger partial charge in [0.1, 0.15) is 11.7 Å². The lowest BCUT2D eigenvalue weighted by Gasteiger charge is -2.39.